The molecule has 2 heterocycles. The third-order valence-corrected chi connectivity index (χ3v) is 6.16. The second-order valence-corrected chi connectivity index (χ2v) is 9.44. The molecule has 0 spiro atoms. The number of carbonyl (C=O) groups is 2. The molecule has 5 nitrogen and oxygen atoms in total. The van der Waals surface area contributed by atoms with Crippen LogP contribution in [0.1, 0.15) is 64.1 Å². The molecule has 0 aliphatic carbocycles. The average molecular weight is 373 g/mol. The van der Waals surface area contributed by atoms with E-state index in [-0.39, 0.29) is 17.4 Å². The highest BCUT2D eigenvalue weighted by Crippen LogP contribution is 2.34. The fourth-order valence-corrected chi connectivity index (χ4v) is 4.27. The maximum Gasteiger partial charge on any atom is 0.310 e. The molecular formula is C22H32N2O3. The second kappa shape index (κ2) is 7.27. The number of carbonyl (C=O) groups excluding carboxylic acids is 1. The number of aliphatic carboxylic acids is 1. The predicted molar refractivity (Wildman–Crippen MR) is 106 cm³/mol. The van der Waals surface area contributed by atoms with E-state index in [9.17, 15) is 14.7 Å². The van der Waals surface area contributed by atoms with Crippen LogP contribution in [-0.4, -0.2) is 53.0 Å². The highest BCUT2D eigenvalue weighted by Gasteiger charge is 2.41. The number of benzene rings is 1. The Balaban J connectivity index is 1.66. The van der Waals surface area contributed by atoms with E-state index >= 15 is 0 Å². The van der Waals surface area contributed by atoms with Crippen molar-refractivity contribution >= 4 is 11.9 Å². The van der Waals surface area contributed by atoms with Crippen LogP contribution in [0.2, 0.25) is 0 Å². The number of likely N-dealkylation sites (tertiary alicyclic amines) is 2. The normalized spacial score (nSPS) is 26.5. The molecule has 0 radical (unpaired) electrons. The number of hydrogen-bond acceptors (Lipinski definition) is 3. The summed E-state index contributed by atoms with van der Waals surface area (Å²) in [4.78, 5) is 28.3. The van der Waals surface area contributed by atoms with Crippen LogP contribution in [0.4, 0.5) is 0 Å². The fraction of sp³-hybridized carbons (Fsp3) is 0.636. The lowest BCUT2D eigenvalue weighted by atomic mass is 9.86. The zero-order chi connectivity index (χ0) is 19.8. The summed E-state index contributed by atoms with van der Waals surface area (Å²) in [6, 6.07) is 8.81. The van der Waals surface area contributed by atoms with Gasteiger partial charge in [0.15, 0.2) is 0 Å². The van der Waals surface area contributed by atoms with Crippen molar-refractivity contribution in [3.05, 3.63) is 35.4 Å². The minimum Gasteiger partial charge on any atom is -0.481 e. The minimum absolute atomic E-state index is 0.118. The quantitative estimate of drug-likeness (QED) is 0.879. The van der Waals surface area contributed by atoms with Crippen LogP contribution in [0, 0.1) is 5.41 Å². The smallest absolute Gasteiger partial charge is 0.310 e. The van der Waals surface area contributed by atoms with Crippen LogP contribution < -0.4 is 0 Å². The summed E-state index contributed by atoms with van der Waals surface area (Å²) in [6.07, 6.45) is 2.62. The standard InChI is InChI=1S/C22H32N2O3/c1-21(2,3)17-9-7-16(8-10-17)18-6-5-12-24(18)19(25)14-23-13-11-22(4,15-23)20(26)27/h7-10,18H,5-6,11-15H2,1-4H3,(H,26,27). The lowest BCUT2D eigenvalue weighted by Crippen LogP contribution is -2.40. The van der Waals surface area contributed by atoms with E-state index in [1.54, 1.807) is 6.92 Å². The molecule has 5 heteroatoms. The molecule has 3 rings (SSSR count). The number of carboxylic acid groups (broad SMARTS) is 1. The predicted octanol–water partition coefficient (Wildman–Crippen LogP) is 3.44. The minimum atomic E-state index is -0.768. The maximum atomic E-state index is 12.9. The molecule has 2 fully saturated rings. The first-order valence-electron chi connectivity index (χ1n) is 9.96. The Labute approximate surface area is 162 Å². The van der Waals surface area contributed by atoms with E-state index in [1.807, 2.05) is 9.80 Å². The van der Waals surface area contributed by atoms with Gasteiger partial charge >= 0.3 is 5.97 Å². The molecule has 0 bridgehead atoms. The fourth-order valence-electron chi connectivity index (χ4n) is 4.27. The second-order valence-electron chi connectivity index (χ2n) is 9.44. The topological polar surface area (TPSA) is 60.9 Å². The molecule has 148 valence electrons. The Morgan fingerprint density at radius 2 is 1.85 bits per heavy atom. The molecule has 1 amide bonds. The SMILES string of the molecule is CC1(C(=O)O)CCN(CC(=O)N2CCCC2c2ccc(C(C)(C)C)cc2)C1. The monoisotopic (exact) mass is 372 g/mol. The molecule has 27 heavy (non-hydrogen) atoms. The Morgan fingerprint density at radius 1 is 1.19 bits per heavy atom. The van der Waals surface area contributed by atoms with Crippen LogP contribution in [0.25, 0.3) is 0 Å². The summed E-state index contributed by atoms with van der Waals surface area (Å²) < 4.78 is 0. The van der Waals surface area contributed by atoms with E-state index in [0.29, 0.717) is 26.1 Å². The third kappa shape index (κ3) is 4.18. The van der Waals surface area contributed by atoms with Crippen molar-refractivity contribution in [2.24, 2.45) is 5.41 Å². The Kier molecular flexibility index (Phi) is 5.35. The van der Waals surface area contributed by atoms with Gasteiger partial charge in [0.05, 0.1) is 18.0 Å². The summed E-state index contributed by atoms with van der Waals surface area (Å²) >= 11 is 0. The van der Waals surface area contributed by atoms with Gasteiger partial charge in [0, 0.05) is 13.1 Å². The van der Waals surface area contributed by atoms with Gasteiger partial charge in [0.1, 0.15) is 0 Å². The van der Waals surface area contributed by atoms with Gasteiger partial charge in [-0.25, -0.2) is 0 Å². The van der Waals surface area contributed by atoms with Crippen molar-refractivity contribution in [1.29, 1.82) is 0 Å². The summed E-state index contributed by atoms with van der Waals surface area (Å²) in [5.41, 5.74) is 1.89. The Morgan fingerprint density at radius 3 is 2.41 bits per heavy atom. The van der Waals surface area contributed by atoms with Crippen molar-refractivity contribution in [2.75, 3.05) is 26.2 Å². The number of hydrogen-bond donors (Lipinski definition) is 1. The van der Waals surface area contributed by atoms with Crippen LogP contribution in [0.5, 0.6) is 0 Å². The van der Waals surface area contributed by atoms with Gasteiger partial charge in [-0.2, -0.15) is 0 Å². The van der Waals surface area contributed by atoms with Gasteiger partial charge in [0.25, 0.3) is 0 Å². The molecule has 2 unspecified atom stereocenters. The zero-order valence-electron chi connectivity index (χ0n) is 17.0. The van der Waals surface area contributed by atoms with Crippen molar-refractivity contribution in [2.45, 2.75) is 58.4 Å². The highest BCUT2D eigenvalue weighted by molar-refractivity contribution is 5.80. The lowest BCUT2D eigenvalue weighted by Gasteiger charge is -2.28. The third-order valence-electron chi connectivity index (χ3n) is 6.16. The number of carboxylic acids is 1. The van der Waals surface area contributed by atoms with Gasteiger partial charge < -0.3 is 10.0 Å². The molecule has 0 aromatic heterocycles. The van der Waals surface area contributed by atoms with E-state index in [2.05, 4.69) is 45.0 Å². The van der Waals surface area contributed by atoms with Crippen molar-refractivity contribution in [1.82, 2.24) is 9.80 Å². The molecule has 2 atom stereocenters. The van der Waals surface area contributed by atoms with Gasteiger partial charge in [-0.3, -0.25) is 14.5 Å². The van der Waals surface area contributed by atoms with E-state index in [0.717, 1.165) is 19.4 Å². The molecule has 2 aliphatic rings. The van der Waals surface area contributed by atoms with Crippen LogP contribution in [0.3, 0.4) is 0 Å². The molecule has 1 N–H and O–H groups in total. The number of amides is 1. The molecule has 2 saturated heterocycles. The summed E-state index contributed by atoms with van der Waals surface area (Å²) in [5, 5.41) is 9.38. The van der Waals surface area contributed by atoms with Crippen molar-refractivity contribution in [3.63, 3.8) is 0 Å². The average Bonchev–Trinajstić information content (AvgIpc) is 3.22. The number of rotatable bonds is 4. The van der Waals surface area contributed by atoms with Crippen molar-refractivity contribution in [3.8, 4) is 0 Å². The maximum absolute atomic E-state index is 12.9. The summed E-state index contributed by atoms with van der Waals surface area (Å²) in [7, 11) is 0. The highest BCUT2D eigenvalue weighted by atomic mass is 16.4. The molecule has 0 saturated carbocycles. The first kappa shape index (κ1) is 19.9. The Bertz CT molecular complexity index is 707. The lowest BCUT2D eigenvalue weighted by molar-refractivity contribution is -0.147. The van der Waals surface area contributed by atoms with Gasteiger partial charge in [0.2, 0.25) is 5.91 Å². The van der Waals surface area contributed by atoms with Gasteiger partial charge in [-0.05, 0) is 49.3 Å². The zero-order valence-corrected chi connectivity index (χ0v) is 17.0. The molecule has 2 aliphatic heterocycles. The first-order chi connectivity index (χ1) is 12.6. The molecule has 1 aromatic carbocycles. The van der Waals surface area contributed by atoms with Gasteiger partial charge in [-0.1, -0.05) is 45.0 Å². The van der Waals surface area contributed by atoms with E-state index < -0.39 is 11.4 Å². The van der Waals surface area contributed by atoms with Crippen LogP contribution in [-0.2, 0) is 15.0 Å². The summed E-state index contributed by atoms with van der Waals surface area (Å²) in [6.45, 7) is 10.6. The van der Waals surface area contributed by atoms with Crippen LogP contribution >= 0.6 is 0 Å². The largest absolute Gasteiger partial charge is 0.481 e. The molecule has 1 aromatic rings. The Hall–Kier alpha value is -1.88. The first-order valence-corrected chi connectivity index (χ1v) is 9.96. The number of nitrogens with zero attached hydrogens (tertiary/aromatic N) is 2. The molecular weight excluding hydrogens is 340 g/mol. The van der Waals surface area contributed by atoms with E-state index in [4.69, 9.17) is 0 Å². The van der Waals surface area contributed by atoms with Crippen LogP contribution in [0.15, 0.2) is 24.3 Å². The summed E-state index contributed by atoms with van der Waals surface area (Å²) in [5.74, 6) is -0.650. The van der Waals surface area contributed by atoms with Gasteiger partial charge in [-0.15, -0.1) is 0 Å². The van der Waals surface area contributed by atoms with E-state index in [1.165, 1.54) is 11.1 Å². The van der Waals surface area contributed by atoms with Crippen molar-refractivity contribution < 1.29 is 14.7 Å².